The summed E-state index contributed by atoms with van der Waals surface area (Å²) in [7, 11) is 0. The molecule has 4 aromatic rings. The third-order valence-corrected chi connectivity index (χ3v) is 13.1. The average molecular weight is 925 g/mol. The van der Waals surface area contributed by atoms with Crippen LogP contribution >= 0.6 is 11.6 Å². The van der Waals surface area contributed by atoms with E-state index in [0.717, 1.165) is 57.9 Å². The number of pyridine rings is 2. The van der Waals surface area contributed by atoms with Gasteiger partial charge in [0.25, 0.3) is 23.7 Å². The fourth-order valence-electron chi connectivity index (χ4n) is 9.84. The summed E-state index contributed by atoms with van der Waals surface area (Å²) in [6.07, 6.45) is 15.3. The molecule has 6 heterocycles. The quantitative estimate of drug-likeness (QED) is 0.0808. The van der Waals surface area contributed by atoms with Gasteiger partial charge in [-0.2, -0.15) is 4.98 Å². The summed E-state index contributed by atoms with van der Waals surface area (Å²) in [6.45, 7) is 0.890. The van der Waals surface area contributed by atoms with Crippen molar-refractivity contribution in [3.8, 4) is 11.8 Å². The Morgan fingerprint density at radius 1 is 0.692 bits per heavy atom. The molecule has 348 valence electrons. The molecule has 0 aromatic carbocycles. The maximum atomic E-state index is 13.7. The summed E-state index contributed by atoms with van der Waals surface area (Å²) in [5.74, 6) is -3.97. The third kappa shape index (κ3) is 11.6. The van der Waals surface area contributed by atoms with Gasteiger partial charge < -0.3 is 41.8 Å². The number of amides is 2. The minimum atomic E-state index is -2.67. The van der Waals surface area contributed by atoms with Crippen molar-refractivity contribution in [2.24, 2.45) is 22.3 Å². The second-order valence-electron chi connectivity index (χ2n) is 18.2. The Balaban J connectivity index is 0.000000155. The number of carbonyl (C=O) groups is 2. The zero-order chi connectivity index (χ0) is 45.8. The molecule has 0 atom stereocenters. The van der Waals surface area contributed by atoms with E-state index >= 15 is 0 Å². The maximum Gasteiger partial charge on any atom is 0.265 e. The molecule has 4 aliphatic carbocycles. The predicted molar refractivity (Wildman–Crippen MR) is 233 cm³/mol. The Hall–Kier alpha value is -5.63. The van der Waals surface area contributed by atoms with Crippen molar-refractivity contribution in [3.63, 3.8) is 0 Å². The fraction of sp³-hybridized carbons (Fsp3) is 0.545. The highest BCUT2D eigenvalue weighted by Crippen LogP contribution is 2.58. The summed E-state index contributed by atoms with van der Waals surface area (Å²) in [4.78, 5) is 49.9. The van der Waals surface area contributed by atoms with Crippen molar-refractivity contribution >= 4 is 41.1 Å². The third-order valence-electron chi connectivity index (χ3n) is 12.9. The van der Waals surface area contributed by atoms with Crippen molar-refractivity contribution in [2.75, 3.05) is 41.7 Å². The van der Waals surface area contributed by atoms with Crippen molar-refractivity contribution in [2.45, 2.75) is 113 Å². The molecule has 21 heteroatoms. The summed E-state index contributed by atoms with van der Waals surface area (Å²) < 4.78 is 63.5. The van der Waals surface area contributed by atoms with Crippen LogP contribution in [0.1, 0.15) is 97.8 Å². The Labute approximate surface area is 378 Å². The summed E-state index contributed by atoms with van der Waals surface area (Å²) in [5.41, 5.74) is 11.9. The van der Waals surface area contributed by atoms with Gasteiger partial charge in [0.15, 0.2) is 0 Å². The van der Waals surface area contributed by atoms with Gasteiger partial charge in [0, 0.05) is 56.3 Å². The highest BCUT2D eigenvalue weighted by Gasteiger charge is 2.55. The number of rotatable bonds is 11. The first kappa shape index (κ1) is 45.9. The molecule has 7 N–H and O–H groups in total. The average Bonchev–Trinajstić information content (AvgIpc) is 3.21. The molecule has 0 bridgehead atoms. The second-order valence-corrected chi connectivity index (χ2v) is 18.6. The standard InChI is InChI=1S/C22H26F2N6O2.C17H18ClN5O2.C5H9F2N/c23-22(24)5-2-8-30(13-22)17-4-7-27-20(29-17)28-14-9-21(10-14)11-15(12-21)32-19-16(18(25)31)3-1-6-26-19;18-13-3-5-21-16(23-13)22-10-6-17(7-10)8-11(9-17)25-15-12(14(19)24)2-1-4-20-15;6-5(7)2-1-3-8-4-5/h1,3-4,6-7,14-15H,2,5,8-13H2,(H2,25,31)(H,27,28,29);1-5,10-11H,6-9H2,(H2,19,24)(H,21,22,23);8H,1-4H2. The zero-order valence-electron chi connectivity index (χ0n) is 35.7. The largest absolute Gasteiger partial charge is 0.474 e. The van der Waals surface area contributed by atoms with Gasteiger partial charge in [-0.15, -0.1) is 0 Å². The topological polar surface area (TPSA) is 221 Å². The van der Waals surface area contributed by atoms with Crippen molar-refractivity contribution in [1.29, 1.82) is 0 Å². The number of primary amides is 2. The normalized spacial score (nSPS) is 27.9. The fourth-order valence-corrected chi connectivity index (χ4v) is 9.98. The van der Waals surface area contributed by atoms with E-state index in [-0.39, 0.29) is 49.6 Å². The van der Waals surface area contributed by atoms with Crippen LogP contribution in [0.4, 0.5) is 35.3 Å². The Kier molecular flexibility index (Phi) is 13.5. The van der Waals surface area contributed by atoms with Gasteiger partial charge in [-0.25, -0.2) is 42.5 Å². The molecule has 2 saturated heterocycles. The van der Waals surface area contributed by atoms with Crippen molar-refractivity contribution in [3.05, 3.63) is 77.5 Å². The smallest absolute Gasteiger partial charge is 0.265 e. The molecule has 65 heavy (non-hydrogen) atoms. The van der Waals surface area contributed by atoms with E-state index < -0.39 is 23.7 Å². The molecule has 0 radical (unpaired) electrons. The van der Waals surface area contributed by atoms with Gasteiger partial charge in [0.05, 0.1) is 13.1 Å². The number of anilines is 3. The molecule has 6 fully saturated rings. The molecule has 4 saturated carbocycles. The lowest BCUT2D eigenvalue weighted by molar-refractivity contribution is -0.0763. The summed E-state index contributed by atoms with van der Waals surface area (Å²) >= 11 is 5.87. The number of aromatic nitrogens is 6. The van der Waals surface area contributed by atoms with E-state index in [0.29, 0.717) is 76.6 Å². The van der Waals surface area contributed by atoms with Crippen LogP contribution in [0.5, 0.6) is 11.8 Å². The van der Waals surface area contributed by atoms with E-state index in [1.54, 1.807) is 66.1 Å². The predicted octanol–water partition coefficient (Wildman–Crippen LogP) is 6.44. The lowest BCUT2D eigenvalue weighted by atomic mass is 9.53. The monoisotopic (exact) mass is 924 g/mol. The van der Waals surface area contributed by atoms with E-state index in [2.05, 4.69) is 45.9 Å². The first-order chi connectivity index (χ1) is 31.0. The molecule has 4 aromatic heterocycles. The minimum absolute atomic E-state index is 0.0179. The van der Waals surface area contributed by atoms with Gasteiger partial charge in [-0.05, 0) is 118 Å². The van der Waals surface area contributed by atoms with E-state index in [1.165, 1.54) is 0 Å². The number of piperidine rings is 2. The lowest BCUT2D eigenvalue weighted by Gasteiger charge is -2.57. The Morgan fingerprint density at radius 3 is 1.68 bits per heavy atom. The van der Waals surface area contributed by atoms with Crippen LogP contribution in [0, 0.1) is 10.8 Å². The number of nitrogens with one attached hydrogen (secondary N) is 3. The molecule has 2 aliphatic heterocycles. The SMILES string of the molecule is FC1(F)CCCNC1.NC(=O)c1cccnc1OC1CC2(CC(Nc3nccc(Cl)n3)C2)C1.NC(=O)c1cccnc1OC1CC2(CC(Nc3nccc(N4CCCC(F)(F)C4)n3)C2)C1. The molecule has 6 aliphatic rings. The van der Waals surface area contributed by atoms with Gasteiger partial charge in [-0.1, -0.05) is 11.6 Å². The summed E-state index contributed by atoms with van der Waals surface area (Å²) in [5, 5.41) is 9.71. The number of nitrogens with zero attached hydrogens (tertiary/aromatic N) is 7. The van der Waals surface area contributed by atoms with Crippen LogP contribution in [0.2, 0.25) is 5.15 Å². The number of hydrogen-bond donors (Lipinski definition) is 5. The van der Waals surface area contributed by atoms with E-state index in [4.69, 9.17) is 32.5 Å². The van der Waals surface area contributed by atoms with Crippen LogP contribution in [0.25, 0.3) is 0 Å². The lowest BCUT2D eigenvalue weighted by Crippen LogP contribution is -2.56. The number of halogens is 5. The molecule has 2 spiro atoms. The van der Waals surface area contributed by atoms with E-state index in [1.807, 2.05) is 0 Å². The van der Waals surface area contributed by atoms with Gasteiger partial charge in [0.2, 0.25) is 23.7 Å². The van der Waals surface area contributed by atoms with E-state index in [9.17, 15) is 27.2 Å². The molecule has 2 amide bonds. The minimum Gasteiger partial charge on any atom is -0.474 e. The molecule has 0 unspecified atom stereocenters. The van der Waals surface area contributed by atoms with Gasteiger partial charge >= 0.3 is 0 Å². The molecular formula is C44H53ClF4N12O4. The van der Waals surface area contributed by atoms with Gasteiger partial charge in [-0.3, -0.25) is 9.59 Å². The first-order valence-corrected chi connectivity index (χ1v) is 22.3. The van der Waals surface area contributed by atoms with Crippen molar-refractivity contribution in [1.82, 2.24) is 35.2 Å². The molecule has 10 rings (SSSR count). The van der Waals surface area contributed by atoms with Crippen LogP contribution in [-0.2, 0) is 0 Å². The number of alkyl halides is 4. The summed E-state index contributed by atoms with van der Waals surface area (Å²) in [6, 6.07) is 10.5. The number of ether oxygens (including phenoxy) is 2. The number of nitrogens with two attached hydrogens (primary N) is 2. The number of hydrogen-bond acceptors (Lipinski definition) is 14. The van der Waals surface area contributed by atoms with Crippen molar-refractivity contribution < 1.29 is 36.6 Å². The Morgan fingerprint density at radius 2 is 1.22 bits per heavy atom. The highest BCUT2D eigenvalue weighted by molar-refractivity contribution is 6.29. The molecular weight excluding hydrogens is 872 g/mol. The van der Waals surface area contributed by atoms with Crippen LogP contribution < -0.4 is 41.8 Å². The van der Waals surface area contributed by atoms with Gasteiger partial charge in [0.1, 0.15) is 34.3 Å². The van der Waals surface area contributed by atoms with Crippen LogP contribution in [-0.4, -0.2) is 104 Å². The Bertz CT molecular complexity index is 2300. The highest BCUT2D eigenvalue weighted by atomic mass is 35.5. The van der Waals surface area contributed by atoms with Crippen LogP contribution in [0.15, 0.2) is 61.2 Å². The first-order valence-electron chi connectivity index (χ1n) is 21.9. The molecule has 16 nitrogen and oxygen atoms in total. The van der Waals surface area contributed by atoms with Crippen LogP contribution in [0.3, 0.4) is 0 Å². The number of carbonyl (C=O) groups excluding carboxylic acids is 2. The maximum absolute atomic E-state index is 13.7. The second kappa shape index (κ2) is 19.1. The zero-order valence-corrected chi connectivity index (χ0v) is 36.5.